The molecule has 3 nitrogen and oxygen atoms in total. The van der Waals surface area contributed by atoms with E-state index in [1.54, 1.807) is 7.11 Å². The molecule has 1 heterocycles. The van der Waals surface area contributed by atoms with Gasteiger partial charge in [0.05, 0.1) is 9.26 Å². The summed E-state index contributed by atoms with van der Waals surface area (Å²) >= 11 is 8.47. The fourth-order valence-corrected chi connectivity index (χ4v) is 3.12. The number of nitrogens with zero attached hydrogens (tertiary/aromatic N) is 2. The number of rotatable bonds is 2. The standard InChI is InChI=1S/C14H22ClIN2O/c1-13(2,3)9-8(16)11(15)18-12(17-9)10(19-7)14(4,5)6/h10H,1-7H3. The molecule has 0 N–H and O–H groups in total. The van der Waals surface area contributed by atoms with E-state index in [1.807, 2.05) is 0 Å². The van der Waals surface area contributed by atoms with Gasteiger partial charge in [-0.3, -0.25) is 0 Å². The number of ether oxygens (including phenoxy) is 1. The summed E-state index contributed by atoms with van der Waals surface area (Å²) in [4.78, 5) is 9.12. The normalized spacial score (nSPS) is 14.6. The van der Waals surface area contributed by atoms with Crippen LogP contribution in [0.2, 0.25) is 5.15 Å². The molecule has 0 amide bonds. The van der Waals surface area contributed by atoms with Crippen molar-refractivity contribution in [3.05, 3.63) is 20.2 Å². The summed E-state index contributed by atoms with van der Waals surface area (Å²) in [7, 11) is 1.68. The lowest BCUT2D eigenvalue weighted by atomic mass is 9.87. The smallest absolute Gasteiger partial charge is 0.159 e. The van der Waals surface area contributed by atoms with Crippen molar-refractivity contribution in [3.8, 4) is 0 Å². The van der Waals surface area contributed by atoms with Gasteiger partial charge in [-0.05, 0) is 28.0 Å². The number of hydrogen-bond acceptors (Lipinski definition) is 3. The van der Waals surface area contributed by atoms with Crippen molar-refractivity contribution in [1.29, 1.82) is 0 Å². The van der Waals surface area contributed by atoms with E-state index in [-0.39, 0.29) is 16.9 Å². The van der Waals surface area contributed by atoms with Crippen LogP contribution in [0.3, 0.4) is 0 Å². The van der Waals surface area contributed by atoms with Gasteiger partial charge in [-0.1, -0.05) is 53.1 Å². The molecule has 0 aromatic carbocycles. The van der Waals surface area contributed by atoms with E-state index in [0.717, 1.165) is 9.26 Å². The van der Waals surface area contributed by atoms with Crippen molar-refractivity contribution in [2.24, 2.45) is 5.41 Å². The summed E-state index contributed by atoms with van der Waals surface area (Å²) in [6, 6.07) is 0. The first-order chi connectivity index (χ1) is 8.48. The molecule has 19 heavy (non-hydrogen) atoms. The molecule has 0 fully saturated rings. The second kappa shape index (κ2) is 5.82. The van der Waals surface area contributed by atoms with E-state index in [0.29, 0.717) is 11.0 Å². The van der Waals surface area contributed by atoms with Gasteiger partial charge in [-0.15, -0.1) is 0 Å². The molecular formula is C14H22ClIN2O. The molecule has 0 aliphatic carbocycles. The fraction of sp³-hybridized carbons (Fsp3) is 0.714. The quantitative estimate of drug-likeness (QED) is 0.534. The predicted molar refractivity (Wildman–Crippen MR) is 87.7 cm³/mol. The zero-order valence-electron chi connectivity index (χ0n) is 12.6. The molecule has 0 aliphatic rings. The zero-order valence-corrected chi connectivity index (χ0v) is 15.5. The SMILES string of the molecule is COC(c1nc(Cl)c(I)c(C(C)(C)C)n1)C(C)(C)C. The third-order valence-electron chi connectivity index (χ3n) is 2.80. The first kappa shape index (κ1) is 17.1. The Bertz CT molecular complexity index is 464. The molecule has 108 valence electrons. The Balaban J connectivity index is 3.43. The maximum Gasteiger partial charge on any atom is 0.159 e. The van der Waals surface area contributed by atoms with Gasteiger partial charge in [-0.2, -0.15) is 0 Å². The van der Waals surface area contributed by atoms with Gasteiger partial charge in [0, 0.05) is 12.5 Å². The van der Waals surface area contributed by atoms with Crippen LogP contribution in [0.1, 0.15) is 59.2 Å². The van der Waals surface area contributed by atoms with E-state index in [2.05, 4.69) is 69.1 Å². The number of hydrogen-bond donors (Lipinski definition) is 0. The second-order valence-electron chi connectivity index (χ2n) is 6.77. The monoisotopic (exact) mass is 396 g/mol. The molecule has 0 saturated carbocycles. The zero-order chi connectivity index (χ0) is 15.0. The lowest BCUT2D eigenvalue weighted by Crippen LogP contribution is -2.25. The lowest BCUT2D eigenvalue weighted by Gasteiger charge is -2.29. The van der Waals surface area contributed by atoms with Crippen LogP contribution in [0.4, 0.5) is 0 Å². The summed E-state index contributed by atoms with van der Waals surface area (Å²) in [5.74, 6) is 0.658. The van der Waals surface area contributed by atoms with Crippen LogP contribution in [-0.4, -0.2) is 17.1 Å². The Hall–Kier alpha value is 0.0600. The number of halogens is 2. The summed E-state index contributed by atoms with van der Waals surface area (Å²) in [5, 5.41) is 0.502. The van der Waals surface area contributed by atoms with Crippen molar-refractivity contribution < 1.29 is 4.74 Å². The van der Waals surface area contributed by atoms with Crippen LogP contribution in [0.25, 0.3) is 0 Å². The average molecular weight is 397 g/mol. The van der Waals surface area contributed by atoms with Gasteiger partial charge in [0.1, 0.15) is 11.3 Å². The first-order valence-electron chi connectivity index (χ1n) is 6.24. The van der Waals surface area contributed by atoms with Gasteiger partial charge >= 0.3 is 0 Å². The number of aromatic nitrogens is 2. The highest BCUT2D eigenvalue weighted by Gasteiger charge is 2.31. The van der Waals surface area contributed by atoms with Crippen molar-refractivity contribution in [2.75, 3.05) is 7.11 Å². The molecule has 1 aromatic rings. The summed E-state index contributed by atoms with van der Waals surface area (Å²) in [6.07, 6.45) is -0.178. The Morgan fingerprint density at radius 3 is 2.00 bits per heavy atom. The Morgan fingerprint density at radius 1 is 1.11 bits per heavy atom. The van der Waals surface area contributed by atoms with Crippen molar-refractivity contribution in [3.63, 3.8) is 0 Å². The van der Waals surface area contributed by atoms with Crippen LogP contribution < -0.4 is 0 Å². The van der Waals surface area contributed by atoms with Crippen LogP contribution in [0, 0.1) is 8.99 Å². The van der Waals surface area contributed by atoms with Gasteiger partial charge < -0.3 is 4.74 Å². The lowest BCUT2D eigenvalue weighted by molar-refractivity contribution is 0.00835. The molecule has 1 rings (SSSR count). The molecule has 0 aliphatic heterocycles. The third-order valence-corrected chi connectivity index (χ3v) is 4.41. The average Bonchev–Trinajstić information content (AvgIpc) is 2.20. The van der Waals surface area contributed by atoms with E-state index in [1.165, 1.54) is 0 Å². The van der Waals surface area contributed by atoms with Gasteiger partial charge in [0.15, 0.2) is 5.82 Å². The molecule has 0 saturated heterocycles. The maximum absolute atomic E-state index is 6.26. The van der Waals surface area contributed by atoms with Crippen LogP contribution in [0.15, 0.2) is 0 Å². The first-order valence-corrected chi connectivity index (χ1v) is 7.70. The molecule has 0 bridgehead atoms. The van der Waals surface area contributed by atoms with Crippen LogP contribution in [0.5, 0.6) is 0 Å². The molecule has 1 unspecified atom stereocenters. The molecule has 0 radical (unpaired) electrons. The predicted octanol–water partition coefficient (Wildman–Crippen LogP) is 4.77. The van der Waals surface area contributed by atoms with E-state index in [4.69, 9.17) is 21.3 Å². The minimum Gasteiger partial charge on any atom is -0.373 e. The van der Waals surface area contributed by atoms with Crippen LogP contribution in [-0.2, 0) is 10.2 Å². The fourth-order valence-electron chi connectivity index (χ4n) is 1.90. The van der Waals surface area contributed by atoms with E-state index < -0.39 is 0 Å². The van der Waals surface area contributed by atoms with Crippen molar-refractivity contribution >= 4 is 34.2 Å². The second-order valence-corrected chi connectivity index (χ2v) is 8.20. The summed E-state index contributed by atoms with van der Waals surface area (Å²) < 4.78 is 6.49. The highest BCUT2D eigenvalue weighted by Crippen LogP contribution is 2.36. The summed E-state index contributed by atoms with van der Waals surface area (Å²) in [5.41, 5.74) is 0.808. The van der Waals surface area contributed by atoms with Gasteiger partial charge in [-0.25, -0.2) is 9.97 Å². The number of methoxy groups -OCH3 is 1. The molecule has 0 spiro atoms. The molecule has 1 aromatic heterocycles. The minimum atomic E-state index is -0.178. The summed E-state index contributed by atoms with van der Waals surface area (Å²) in [6.45, 7) is 12.7. The molecular weight excluding hydrogens is 375 g/mol. The van der Waals surface area contributed by atoms with Crippen molar-refractivity contribution in [1.82, 2.24) is 9.97 Å². The largest absolute Gasteiger partial charge is 0.373 e. The van der Waals surface area contributed by atoms with Crippen molar-refractivity contribution in [2.45, 2.75) is 53.1 Å². The Morgan fingerprint density at radius 2 is 1.63 bits per heavy atom. The topological polar surface area (TPSA) is 35.0 Å². The Kier molecular flexibility index (Phi) is 5.24. The van der Waals surface area contributed by atoms with Gasteiger partial charge in [0.2, 0.25) is 0 Å². The highest BCUT2D eigenvalue weighted by atomic mass is 127. The molecule has 1 atom stereocenters. The van der Waals surface area contributed by atoms with E-state index >= 15 is 0 Å². The highest BCUT2D eigenvalue weighted by molar-refractivity contribution is 14.1. The third kappa shape index (κ3) is 4.02. The van der Waals surface area contributed by atoms with Crippen LogP contribution >= 0.6 is 34.2 Å². The Labute approximate surface area is 134 Å². The molecule has 5 heteroatoms. The minimum absolute atomic E-state index is 0.0754. The van der Waals surface area contributed by atoms with Gasteiger partial charge in [0.25, 0.3) is 0 Å². The van der Waals surface area contributed by atoms with E-state index in [9.17, 15) is 0 Å². The maximum atomic E-state index is 6.26.